The van der Waals surface area contributed by atoms with Crippen LogP contribution >= 0.6 is 11.6 Å². The van der Waals surface area contributed by atoms with Crippen molar-refractivity contribution in [2.75, 3.05) is 5.32 Å². The fourth-order valence-electron chi connectivity index (χ4n) is 2.04. The van der Waals surface area contributed by atoms with Crippen LogP contribution in [0.1, 0.15) is 18.7 Å². The summed E-state index contributed by atoms with van der Waals surface area (Å²) in [5, 5.41) is 3.67. The molecule has 3 rings (SSSR count). The number of hydrogen-bond donors (Lipinski definition) is 1. The summed E-state index contributed by atoms with van der Waals surface area (Å²) in [5.74, 6) is 2.10. The predicted octanol–water partition coefficient (Wildman–Crippen LogP) is 4.56. The minimum atomic E-state index is -0.00501. The van der Waals surface area contributed by atoms with E-state index in [9.17, 15) is 0 Å². The first-order valence-electron chi connectivity index (χ1n) is 6.62. The number of anilines is 1. The Hall–Kier alpha value is -2.33. The first-order chi connectivity index (χ1) is 10.2. The van der Waals surface area contributed by atoms with Gasteiger partial charge in [0.15, 0.2) is 5.82 Å². The van der Waals surface area contributed by atoms with Crippen LogP contribution in [0.25, 0.3) is 11.4 Å². The van der Waals surface area contributed by atoms with Gasteiger partial charge >= 0.3 is 0 Å². The van der Waals surface area contributed by atoms with E-state index in [2.05, 4.69) is 15.3 Å². The van der Waals surface area contributed by atoms with Crippen LogP contribution in [0.15, 0.2) is 59.2 Å². The van der Waals surface area contributed by atoms with E-state index in [4.69, 9.17) is 16.0 Å². The van der Waals surface area contributed by atoms with Crippen molar-refractivity contribution in [1.82, 2.24) is 9.97 Å². The third-order valence-electron chi connectivity index (χ3n) is 3.06. The number of aromatic nitrogens is 2. The van der Waals surface area contributed by atoms with Crippen molar-refractivity contribution < 1.29 is 4.42 Å². The fraction of sp³-hybridized carbons (Fsp3) is 0.125. The van der Waals surface area contributed by atoms with E-state index in [0.29, 0.717) is 16.8 Å². The summed E-state index contributed by atoms with van der Waals surface area (Å²) in [6.07, 6.45) is 1.65. The summed E-state index contributed by atoms with van der Waals surface area (Å²) < 4.78 is 5.37. The van der Waals surface area contributed by atoms with Crippen molar-refractivity contribution in [1.29, 1.82) is 0 Å². The molecule has 0 spiro atoms. The smallest absolute Gasteiger partial charge is 0.163 e. The molecule has 2 heterocycles. The van der Waals surface area contributed by atoms with Crippen LogP contribution in [-0.2, 0) is 0 Å². The largest absolute Gasteiger partial charge is 0.467 e. The molecule has 1 atom stereocenters. The minimum absolute atomic E-state index is 0.00501. The highest BCUT2D eigenvalue weighted by Crippen LogP contribution is 2.23. The summed E-state index contributed by atoms with van der Waals surface area (Å²) in [5.41, 5.74) is 0.925. The van der Waals surface area contributed by atoms with E-state index in [1.165, 1.54) is 0 Å². The van der Waals surface area contributed by atoms with Crippen molar-refractivity contribution in [3.8, 4) is 11.4 Å². The average molecular weight is 300 g/mol. The molecule has 0 amide bonds. The molecule has 21 heavy (non-hydrogen) atoms. The van der Waals surface area contributed by atoms with Crippen LogP contribution < -0.4 is 5.32 Å². The lowest BCUT2D eigenvalue weighted by molar-refractivity contribution is 0.490. The van der Waals surface area contributed by atoms with Gasteiger partial charge in [-0.05, 0) is 19.1 Å². The lowest BCUT2D eigenvalue weighted by Gasteiger charge is -2.13. The monoisotopic (exact) mass is 299 g/mol. The first-order valence-corrected chi connectivity index (χ1v) is 7.00. The lowest BCUT2D eigenvalue weighted by Crippen LogP contribution is -2.08. The molecule has 3 aromatic rings. The van der Waals surface area contributed by atoms with Crippen molar-refractivity contribution in [3.63, 3.8) is 0 Å². The van der Waals surface area contributed by atoms with Gasteiger partial charge in [-0.15, -0.1) is 0 Å². The standard InChI is InChI=1S/C16H14ClN3O/c1-11(13-8-5-9-21-13)18-15-10-14(17)19-16(20-15)12-6-3-2-4-7-12/h2-11H,1H3,(H,18,19,20). The summed E-state index contributed by atoms with van der Waals surface area (Å²) in [6.45, 7) is 2.00. The quantitative estimate of drug-likeness (QED) is 0.717. The van der Waals surface area contributed by atoms with Crippen LogP contribution in [0.5, 0.6) is 0 Å². The highest BCUT2D eigenvalue weighted by Gasteiger charge is 2.11. The average Bonchev–Trinajstić information content (AvgIpc) is 3.02. The summed E-state index contributed by atoms with van der Waals surface area (Å²) in [4.78, 5) is 8.77. The van der Waals surface area contributed by atoms with Gasteiger partial charge in [0.1, 0.15) is 16.7 Å². The number of rotatable bonds is 4. The van der Waals surface area contributed by atoms with Crippen LogP contribution in [0.3, 0.4) is 0 Å². The number of hydrogen-bond acceptors (Lipinski definition) is 4. The van der Waals surface area contributed by atoms with Crippen LogP contribution in [0.4, 0.5) is 5.82 Å². The van der Waals surface area contributed by atoms with Gasteiger partial charge in [-0.1, -0.05) is 41.9 Å². The van der Waals surface area contributed by atoms with Gasteiger partial charge in [-0.2, -0.15) is 0 Å². The molecule has 5 heteroatoms. The number of nitrogens with one attached hydrogen (secondary N) is 1. The van der Waals surface area contributed by atoms with Crippen molar-refractivity contribution in [3.05, 3.63) is 65.7 Å². The molecule has 0 fully saturated rings. The Balaban J connectivity index is 1.88. The number of furan rings is 1. The Morgan fingerprint density at radius 3 is 2.62 bits per heavy atom. The second-order valence-electron chi connectivity index (χ2n) is 4.65. The highest BCUT2D eigenvalue weighted by molar-refractivity contribution is 6.29. The molecular weight excluding hydrogens is 286 g/mol. The number of halogens is 1. The van der Waals surface area contributed by atoms with Gasteiger partial charge in [-0.3, -0.25) is 0 Å². The predicted molar refractivity (Wildman–Crippen MR) is 83.2 cm³/mol. The molecule has 1 unspecified atom stereocenters. The Bertz CT molecular complexity index is 714. The molecule has 0 saturated carbocycles. The molecule has 0 saturated heterocycles. The Morgan fingerprint density at radius 2 is 1.90 bits per heavy atom. The molecule has 0 aliphatic heterocycles. The molecule has 0 aliphatic carbocycles. The molecule has 0 aliphatic rings. The molecule has 4 nitrogen and oxygen atoms in total. The second-order valence-corrected chi connectivity index (χ2v) is 5.03. The molecule has 0 radical (unpaired) electrons. The third-order valence-corrected chi connectivity index (χ3v) is 3.25. The van der Waals surface area contributed by atoms with Gasteiger partial charge < -0.3 is 9.73 Å². The van der Waals surface area contributed by atoms with E-state index < -0.39 is 0 Å². The van der Waals surface area contributed by atoms with Crippen molar-refractivity contribution >= 4 is 17.4 Å². The summed E-state index contributed by atoms with van der Waals surface area (Å²) >= 11 is 6.09. The van der Waals surface area contributed by atoms with Gasteiger partial charge in [0.05, 0.1) is 12.3 Å². The minimum Gasteiger partial charge on any atom is -0.467 e. The Labute approximate surface area is 127 Å². The Kier molecular flexibility index (Phi) is 3.88. The molecule has 0 bridgehead atoms. The van der Waals surface area contributed by atoms with Gasteiger partial charge in [0.25, 0.3) is 0 Å². The SMILES string of the molecule is CC(Nc1cc(Cl)nc(-c2ccccc2)n1)c1ccco1. The lowest BCUT2D eigenvalue weighted by atomic mass is 10.2. The van der Waals surface area contributed by atoms with Crippen LogP contribution in [0.2, 0.25) is 5.15 Å². The first kappa shape index (κ1) is 13.6. The van der Waals surface area contributed by atoms with E-state index in [-0.39, 0.29) is 6.04 Å². The Morgan fingerprint density at radius 1 is 1.10 bits per heavy atom. The van der Waals surface area contributed by atoms with E-state index in [1.54, 1.807) is 12.3 Å². The fourth-order valence-corrected chi connectivity index (χ4v) is 2.22. The maximum absolute atomic E-state index is 6.09. The molecular formula is C16H14ClN3O. The van der Waals surface area contributed by atoms with Crippen molar-refractivity contribution in [2.45, 2.75) is 13.0 Å². The van der Waals surface area contributed by atoms with E-state index in [0.717, 1.165) is 11.3 Å². The summed E-state index contributed by atoms with van der Waals surface area (Å²) in [7, 11) is 0. The van der Waals surface area contributed by atoms with Gasteiger partial charge in [-0.25, -0.2) is 9.97 Å². The topological polar surface area (TPSA) is 51.0 Å². The number of benzene rings is 1. The van der Waals surface area contributed by atoms with Crippen LogP contribution in [0, 0.1) is 0 Å². The van der Waals surface area contributed by atoms with Crippen molar-refractivity contribution in [2.24, 2.45) is 0 Å². The maximum Gasteiger partial charge on any atom is 0.163 e. The zero-order valence-corrected chi connectivity index (χ0v) is 12.2. The van der Waals surface area contributed by atoms with E-state index in [1.807, 2.05) is 49.4 Å². The van der Waals surface area contributed by atoms with Gasteiger partial charge in [0.2, 0.25) is 0 Å². The van der Waals surface area contributed by atoms with Crippen LogP contribution in [-0.4, -0.2) is 9.97 Å². The zero-order chi connectivity index (χ0) is 14.7. The molecule has 2 aromatic heterocycles. The molecule has 1 aromatic carbocycles. The summed E-state index contributed by atoms with van der Waals surface area (Å²) in [6, 6.07) is 15.2. The normalized spacial score (nSPS) is 12.1. The second kappa shape index (κ2) is 5.97. The van der Waals surface area contributed by atoms with Gasteiger partial charge in [0, 0.05) is 11.6 Å². The molecule has 106 valence electrons. The maximum atomic E-state index is 6.09. The molecule has 1 N–H and O–H groups in total. The third kappa shape index (κ3) is 3.23. The zero-order valence-electron chi connectivity index (χ0n) is 11.5. The van der Waals surface area contributed by atoms with E-state index >= 15 is 0 Å². The number of nitrogens with zero attached hydrogens (tertiary/aromatic N) is 2. The highest BCUT2D eigenvalue weighted by atomic mass is 35.5.